The van der Waals surface area contributed by atoms with Crippen molar-refractivity contribution in [2.75, 3.05) is 12.3 Å². The number of benzene rings is 1. The van der Waals surface area contributed by atoms with Gasteiger partial charge in [0.05, 0.1) is 0 Å². The van der Waals surface area contributed by atoms with E-state index in [2.05, 4.69) is 5.32 Å². The first-order chi connectivity index (χ1) is 10.7. The number of hydrogen-bond acceptors (Lipinski definition) is 2. The van der Waals surface area contributed by atoms with E-state index < -0.39 is 0 Å². The number of nitrogens with one attached hydrogen (secondary N) is 1. The Labute approximate surface area is 147 Å². The van der Waals surface area contributed by atoms with Crippen LogP contribution in [0, 0.1) is 0 Å². The van der Waals surface area contributed by atoms with E-state index >= 15 is 0 Å². The van der Waals surface area contributed by atoms with Gasteiger partial charge < -0.3 is 5.32 Å². The molecule has 1 saturated carbocycles. The van der Waals surface area contributed by atoms with Gasteiger partial charge in [-0.15, -0.1) is 0 Å². The molecule has 2 rings (SSSR count). The van der Waals surface area contributed by atoms with Crippen molar-refractivity contribution in [3.05, 3.63) is 33.8 Å². The normalized spacial score (nSPS) is 15.7. The van der Waals surface area contributed by atoms with E-state index in [4.69, 9.17) is 23.2 Å². The van der Waals surface area contributed by atoms with Crippen LogP contribution in [0.1, 0.15) is 44.1 Å². The lowest BCUT2D eigenvalue weighted by atomic mass is 10.0. The SMILES string of the molecule is O=C(CCc1c(Cl)cccc1Cl)NCCSC1CCCCC1. The number of rotatable bonds is 7. The van der Waals surface area contributed by atoms with Crippen LogP contribution in [-0.4, -0.2) is 23.5 Å². The van der Waals surface area contributed by atoms with E-state index in [0.717, 1.165) is 23.1 Å². The molecule has 0 bridgehead atoms. The maximum atomic E-state index is 11.9. The highest BCUT2D eigenvalue weighted by molar-refractivity contribution is 7.99. The molecule has 1 aromatic rings. The highest BCUT2D eigenvalue weighted by Gasteiger charge is 2.13. The second-order valence-electron chi connectivity index (χ2n) is 5.68. The Morgan fingerprint density at radius 3 is 2.55 bits per heavy atom. The lowest BCUT2D eigenvalue weighted by Crippen LogP contribution is -2.26. The Morgan fingerprint density at radius 1 is 1.18 bits per heavy atom. The van der Waals surface area contributed by atoms with Crippen molar-refractivity contribution in [2.24, 2.45) is 0 Å². The number of carbonyl (C=O) groups excluding carboxylic acids is 1. The molecule has 0 aromatic heterocycles. The van der Waals surface area contributed by atoms with Gasteiger partial charge in [-0.25, -0.2) is 0 Å². The third kappa shape index (κ3) is 6.02. The maximum Gasteiger partial charge on any atom is 0.220 e. The number of carbonyl (C=O) groups is 1. The molecule has 1 aliphatic rings. The molecule has 122 valence electrons. The van der Waals surface area contributed by atoms with Crippen molar-refractivity contribution in [1.29, 1.82) is 0 Å². The number of halogens is 2. The van der Waals surface area contributed by atoms with Crippen LogP contribution in [0.15, 0.2) is 18.2 Å². The predicted molar refractivity (Wildman–Crippen MR) is 97.1 cm³/mol. The molecule has 0 spiro atoms. The summed E-state index contributed by atoms with van der Waals surface area (Å²) in [6.07, 6.45) is 7.80. The summed E-state index contributed by atoms with van der Waals surface area (Å²) in [4.78, 5) is 11.9. The van der Waals surface area contributed by atoms with Crippen LogP contribution < -0.4 is 5.32 Å². The van der Waals surface area contributed by atoms with Crippen LogP contribution in [0.2, 0.25) is 10.0 Å². The summed E-state index contributed by atoms with van der Waals surface area (Å²) < 4.78 is 0. The van der Waals surface area contributed by atoms with Crippen molar-refractivity contribution < 1.29 is 4.79 Å². The average molecular weight is 360 g/mol. The summed E-state index contributed by atoms with van der Waals surface area (Å²) >= 11 is 14.2. The molecule has 1 fully saturated rings. The first-order valence-corrected chi connectivity index (χ1v) is 9.78. The van der Waals surface area contributed by atoms with E-state index in [1.54, 1.807) is 0 Å². The summed E-state index contributed by atoms with van der Waals surface area (Å²) in [7, 11) is 0. The Balaban J connectivity index is 1.61. The van der Waals surface area contributed by atoms with E-state index in [9.17, 15) is 4.79 Å². The Bertz CT molecular complexity index is 469. The van der Waals surface area contributed by atoms with Crippen LogP contribution in [0.4, 0.5) is 0 Å². The van der Waals surface area contributed by atoms with Crippen molar-refractivity contribution >= 4 is 40.9 Å². The summed E-state index contributed by atoms with van der Waals surface area (Å²) in [6, 6.07) is 5.43. The molecule has 1 N–H and O–H groups in total. The van der Waals surface area contributed by atoms with E-state index in [0.29, 0.717) is 22.9 Å². The number of hydrogen-bond donors (Lipinski definition) is 1. The molecule has 0 unspecified atom stereocenters. The van der Waals surface area contributed by atoms with Gasteiger partial charge in [0.15, 0.2) is 0 Å². The minimum Gasteiger partial charge on any atom is -0.355 e. The van der Waals surface area contributed by atoms with Crippen LogP contribution >= 0.6 is 35.0 Å². The zero-order valence-corrected chi connectivity index (χ0v) is 15.1. The molecule has 0 atom stereocenters. The quantitative estimate of drug-likeness (QED) is 0.685. The molecule has 1 aliphatic carbocycles. The third-order valence-corrected chi connectivity index (χ3v) is 6.08. The second kappa shape index (κ2) is 9.69. The topological polar surface area (TPSA) is 29.1 Å². The average Bonchev–Trinajstić information content (AvgIpc) is 2.52. The fraction of sp³-hybridized carbons (Fsp3) is 0.588. The van der Waals surface area contributed by atoms with Gasteiger partial charge in [-0.3, -0.25) is 4.79 Å². The molecular weight excluding hydrogens is 337 g/mol. The summed E-state index contributed by atoms with van der Waals surface area (Å²) in [5, 5.41) is 5.05. The van der Waals surface area contributed by atoms with Gasteiger partial charge in [0, 0.05) is 34.0 Å². The van der Waals surface area contributed by atoms with Crippen LogP contribution in [0.5, 0.6) is 0 Å². The molecule has 1 amide bonds. The molecule has 1 aromatic carbocycles. The predicted octanol–water partition coefficient (Wildman–Crippen LogP) is 5.11. The standard InChI is InChI=1S/C17H23Cl2NOS/c18-15-7-4-8-16(19)14(15)9-10-17(21)20-11-12-22-13-5-2-1-3-6-13/h4,7-8,13H,1-3,5-6,9-12H2,(H,20,21). The van der Waals surface area contributed by atoms with E-state index in [1.165, 1.54) is 32.1 Å². The largest absolute Gasteiger partial charge is 0.355 e. The minimum atomic E-state index is 0.0697. The summed E-state index contributed by atoms with van der Waals surface area (Å²) in [6.45, 7) is 0.746. The summed E-state index contributed by atoms with van der Waals surface area (Å²) in [5.74, 6) is 1.07. The van der Waals surface area contributed by atoms with Crippen molar-refractivity contribution in [2.45, 2.75) is 50.2 Å². The summed E-state index contributed by atoms with van der Waals surface area (Å²) in [5.41, 5.74) is 0.859. The smallest absolute Gasteiger partial charge is 0.220 e. The minimum absolute atomic E-state index is 0.0697. The Kier molecular flexibility index (Phi) is 7.91. The van der Waals surface area contributed by atoms with Crippen LogP contribution in [0.25, 0.3) is 0 Å². The zero-order chi connectivity index (χ0) is 15.8. The Hall–Kier alpha value is -0.380. The molecule has 0 aliphatic heterocycles. The van der Waals surface area contributed by atoms with Gasteiger partial charge in [0.2, 0.25) is 5.91 Å². The molecular formula is C17H23Cl2NOS. The molecule has 0 saturated heterocycles. The van der Waals surface area contributed by atoms with Gasteiger partial charge in [-0.05, 0) is 37.0 Å². The monoisotopic (exact) mass is 359 g/mol. The van der Waals surface area contributed by atoms with Crippen molar-refractivity contribution in [3.8, 4) is 0 Å². The van der Waals surface area contributed by atoms with Crippen molar-refractivity contribution in [3.63, 3.8) is 0 Å². The number of thioether (sulfide) groups is 1. The van der Waals surface area contributed by atoms with Crippen LogP contribution in [-0.2, 0) is 11.2 Å². The highest BCUT2D eigenvalue weighted by atomic mass is 35.5. The van der Waals surface area contributed by atoms with Gasteiger partial charge in [-0.1, -0.05) is 48.5 Å². The third-order valence-electron chi connectivity index (χ3n) is 3.99. The zero-order valence-electron chi connectivity index (χ0n) is 12.7. The van der Waals surface area contributed by atoms with Crippen molar-refractivity contribution in [1.82, 2.24) is 5.32 Å². The molecule has 0 heterocycles. The van der Waals surface area contributed by atoms with Gasteiger partial charge in [0.1, 0.15) is 0 Å². The van der Waals surface area contributed by atoms with Gasteiger partial charge in [-0.2, -0.15) is 11.8 Å². The molecule has 2 nitrogen and oxygen atoms in total. The lowest BCUT2D eigenvalue weighted by molar-refractivity contribution is -0.120. The van der Waals surface area contributed by atoms with Gasteiger partial charge in [0.25, 0.3) is 0 Å². The maximum absolute atomic E-state index is 11.9. The Morgan fingerprint density at radius 2 is 1.86 bits per heavy atom. The molecule has 22 heavy (non-hydrogen) atoms. The lowest BCUT2D eigenvalue weighted by Gasteiger charge is -2.20. The van der Waals surface area contributed by atoms with E-state index in [-0.39, 0.29) is 5.91 Å². The molecule has 0 radical (unpaired) electrons. The second-order valence-corrected chi connectivity index (χ2v) is 7.90. The van der Waals surface area contributed by atoms with Crippen LogP contribution in [0.3, 0.4) is 0 Å². The van der Waals surface area contributed by atoms with E-state index in [1.807, 2.05) is 30.0 Å². The fourth-order valence-corrected chi connectivity index (χ4v) is 4.55. The fourth-order valence-electron chi connectivity index (χ4n) is 2.75. The first-order valence-electron chi connectivity index (χ1n) is 7.98. The highest BCUT2D eigenvalue weighted by Crippen LogP contribution is 2.28. The first kappa shape index (κ1) is 18.0. The van der Waals surface area contributed by atoms with Gasteiger partial charge >= 0.3 is 0 Å². The number of amides is 1. The molecule has 5 heteroatoms.